The number of amidine groups is 1. The molecule has 0 aromatic heterocycles. The Morgan fingerprint density at radius 2 is 1.62 bits per heavy atom. The molecule has 1 unspecified atom stereocenters. The number of carbonyl (C=O) groups is 2. The molecule has 346 valence electrons. The van der Waals surface area contributed by atoms with Gasteiger partial charge < -0.3 is 68.2 Å². The molecular formula is C43H75N3O14. The molecule has 5 heterocycles. The van der Waals surface area contributed by atoms with Gasteiger partial charge in [0.05, 0.1) is 66.3 Å². The van der Waals surface area contributed by atoms with Gasteiger partial charge in [0.25, 0.3) is 6.02 Å². The largest absolute Gasteiger partial charge is 0.459 e. The topological polar surface area (TPSA) is 206 Å². The molecule has 5 rings (SSSR count). The van der Waals surface area contributed by atoms with Crippen molar-refractivity contribution in [1.82, 2.24) is 10.2 Å². The summed E-state index contributed by atoms with van der Waals surface area (Å²) in [5.74, 6) is -3.50. The van der Waals surface area contributed by atoms with Crippen LogP contribution in [0.2, 0.25) is 0 Å². The standard InChI is InChI=1S/C43H75N3O14/c1-14-30-43(10,51)34(47)26(6)45-37(49)22(2)19-42(9,53-13)36(24(4)32(25(5)38(50)57-30)58-31-20-41(8,52-12)35(48)27(7)56-31)60-39-33-29(18-23(3)55-39)46(11)40(59-33)44-21-28-16-15-17-54-28/h22-36,39,47-48,51H,14-21H2,1-13H3,(H,45,49)/t22-,23-,24+,25-,26-,27+,28?,29+,30-,31+,32+,33-,34-,35+,36-,39+,41-,42-,43-/m1/s1. The number of aliphatic imine (C=N–C) groups is 1. The van der Waals surface area contributed by atoms with Crippen molar-refractivity contribution in [1.29, 1.82) is 0 Å². The number of likely N-dealkylation sites (N-methyl/N-ethyl adjacent to an activating group) is 1. The average Bonchev–Trinajstić information content (AvgIpc) is 3.85. The van der Waals surface area contributed by atoms with Crippen LogP contribution in [0.15, 0.2) is 4.99 Å². The van der Waals surface area contributed by atoms with Crippen LogP contribution in [0.3, 0.4) is 0 Å². The van der Waals surface area contributed by atoms with Crippen molar-refractivity contribution < 1.29 is 67.5 Å². The van der Waals surface area contributed by atoms with Crippen molar-refractivity contribution in [3.63, 3.8) is 0 Å². The fourth-order valence-corrected chi connectivity index (χ4v) is 9.87. The Morgan fingerprint density at radius 1 is 0.933 bits per heavy atom. The van der Waals surface area contributed by atoms with Crippen molar-refractivity contribution in [2.75, 3.05) is 34.4 Å². The predicted molar refractivity (Wildman–Crippen MR) is 219 cm³/mol. The number of hydrogen-bond acceptors (Lipinski definition) is 15. The Labute approximate surface area is 356 Å². The fraction of sp³-hybridized carbons (Fsp3) is 0.930. The summed E-state index contributed by atoms with van der Waals surface area (Å²) in [7, 11) is 5.01. The summed E-state index contributed by atoms with van der Waals surface area (Å²) in [5.41, 5.74) is -4.22. The maximum Gasteiger partial charge on any atom is 0.311 e. The third-order valence-electron chi connectivity index (χ3n) is 14.0. The van der Waals surface area contributed by atoms with Crippen molar-refractivity contribution in [3.8, 4) is 0 Å². The van der Waals surface area contributed by atoms with Crippen LogP contribution in [0, 0.1) is 17.8 Å². The van der Waals surface area contributed by atoms with Crippen LogP contribution < -0.4 is 5.32 Å². The summed E-state index contributed by atoms with van der Waals surface area (Å²) in [6.45, 7) is 18.6. The van der Waals surface area contributed by atoms with E-state index < -0.39 is 102 Å². The van der Waals surface area contributed by atoms with Gasteiger partial charge in [0.2, 0.25) is 5.91 Å². The Morgan fingerprint density at radius 3 is 2.23 bits per heavy atom. The van der Waals surface area contributed by atoms with Crippen molar-refractivity contribution >= 4 is 17.9 Å². The monoisotopic (exact) mass is 858 g/mol. The van der Waals surface area contributed by atoms with Crippen molar-refractivity contribution in [3.05, 3.63) is 0 Å². The van der Waals surface area contributed by atoms with Gasteiger partial charge in [0.1, 0.15) is 23.9 Å². The van der Waals surface area contributed by atoms with Crippen LogP contribution in [0.1, 0.15) is 108 Å². The fourth-order valence-electron chi connectivity index (χ4n) is 9.87. The molecule has 0 bridgehead atoms. The highest BCUT2D eigenvalue weighted by Crippen LogP contribution is 2.42. The van der Waals surface area contributed by atoms with E-state index in [0.717, 1.165) is 19.4 Å². The Bertz CT molecular complexity index is 1480. The van der Waals surface area contributed by atoms with Gasteiger partial charge >= 0.3 is 5.97 Å². The quantitative estimate of drug-likeness (QED) is 0.246. The molecule has 0 spiro atoms. The van der Waals surface area contributed by atoms with Gasteiger partial charge in [-0.25, -0.2) is 4.99 Å². The number of fused-ring (bicyclic) bond motifs is 1. The lowest BCUT2D eigenvalue weighted by atomic mass is 9.77. The smallest absolute Gasteiger partial charge is 0.311 e. The first-order valence-corrected chi connectivity index (χ1v) is 22.0. The molecule has 0 aromatic carbocycles. The number of esters is 1. The predicted octanol–water partition coefficient (Wildman–Crippen LogP) is 2.68. The summed E-state index contributed by atoms with van der Waals surface area (Å²) >= 11 is 0. The number of hydrogen-bond donors (Lipinski definition) is 4. The maximum atomic E-state index is 14.4. The van der Waals surface area contributed by atoms with Gasteiger partial charge in [-0.2, -0.15) is 0 Å². The second-order valence-corrected chi connectivity index (χ2v) is 18.7. The van der Waals surface area contributed by atoms with E-state index in [0.29, 0.717) is 19.0 Å². The summed E-state index contributed by atoms with van der Waals surface area (Å²) < 4.78 is 57.5. The van der Waals surface area contributed by atoms with Crippen LogP contribution in [-0.2, 0) is 52.2 Å². The zero-order valence-electron chi connectivity index (χ0n) is 38.1. The van der Waals surface area contributed by atoms with Gasteiger partial charge in [-0.3, -0.25) is 9.59 Å². The lowest BCUT2D eigenvalue weighted by Gasteiger charge is -2.49. The highest BCUT2D eigenvalue weighted by atomic mass is 16.7. The second-order valence-electron chi connectivity index (χ2n) is 18.7. The first-order valence-electron chi connectivity index (χ1n) is 22.0. The molecule has 5 saturated heterocycles. The minimum atomic E-state index is -1.94. The molecular weight excluding hydrogens is 782 g/mol. The first kappa shape index (κ1) is 48.8. The number of aliphatic hydroxyl groups is 3. The van der Waals surface area contributed by atoms with Crippen LogP contribution in [-0.4, -0.2) is 169 Å². The number of cyclic esters (lactones) is 1. The molecule has 5 aliphatic rings. The molecule has 5 aliphatic heterocycles. The van der Waals surface area contributed by atoms with E-state index >= 15 is 0 Å². The number of methoxy groups -OCH3 is 2. The maximum absolute atomic E-state index is 14.4. The van der Waals surface area contributed by atoms with Gasteiger partial charge in [0, 0.05) is 46.1 Å². The Balaban J connectivity index is 1.59. The SMILES string of the molecule is CC[C@H]1OC(=O)[C@H](C)[C@@H](O[C@H]2C[C@@](C)(OC)[C@@H](O)[C@H](C)O2)[C@H](C)[C@@H](O[C@@H]2O[C@H](C)C[C@H]3[C@H]2OC(=NCC2CCCO2)N3C)[C@](C)(OC)C[C@@H](C)C(=O)N[C@H](C)[C@@H](O)[C@]1(C)O. The average molecular weight is 858 g/mol. The number of nitrogens with one attached hydrogen (secondary N) is 1. The molecule has 17 nitrogen and oxygen atoms in total. The molecule has 0 radical (unpaired) electrons. The number of carbonyl (C=O) groups excluding carboxylic acids is 2. The van der Waals surface area contributed by atoms with Crippen LogP contribution in [0.4, 0.5) is 0 Å². The highest BCUT2D eigenvalue weighted by Gasteiger charge is 2.55. The molecule has 17 heteroatoms. The number of nitrogens with zero attached hydrogens (tertiary/aromatic N) is 2. The van der Waals surface area contributed by atoms with Gasteiger partial charge in [-0.05, 0) is 80.6 Å². The Hall–Kier alpha value is -2.19. The van der Waals surface area contributed by atoms with Crippen LogP contribution in [0.25, 0.3) is 0 Å². The zero-order valence-corrected chi connectivity index (χ0v) is 38.1. The van der Waals surface area contributed by atoms with Gasteiger partial charge in [-0.15, -0.1) is 0 Å². The van der Waals surface area contributed by atoms with E-state index in [4.69, 9.17) is 47.6 Å². The molecule has 19 atom stereocenters. The molecule has 60 heavy (non-hydrogen) atoms. The summed E-state index contributed by atoms with van der Waals surface area (Å²) in [4.78, 5) is 35.2. The first-order chi connectivity index (χ1) is 28.1. The lowest BCUT2D eigenvalue weighted by molar-refractivity contribution is -0.315. The lowest BCUT2D eigenvalue weighted by Crippen LogP contribution is -2.60. The van der Waals surface area contributed by atoms with E-state index in [1.807, 2.05) is 32.7 Å². The molecule has 0 aliphatic carbocycles. The number of rotatable bonds is 9. The van der Waals surface area contributed by atoms with E-state index in [9.17, 15) is 24.9 Å². The third-order valence-corrected chi connectivity index (χ3v) is 14.0. The van der Waals surface area contributed by atoms with Crippen LogP contribution >= 0.6 is 0 Å². The van der Waals surface area contributed by atoms with E-state index in [2.05, 4.69) is 5.32 Å². The highest BCUT2D eigenvalue weighted by molar-refractivity contribution is 5.79. The number of ether oxygens (including phenoxy) is 9. The third kappa shape index (κ3) is 10.3. The molecule has 1 amide bonds. The second kappa shape index (κ2) is 19.7. The van der Waals surface area contributed by atoms with Crippen LogP contribution in [0.5, 0.6) is 0 Å². The summed E-state index contributed by atoms with van der Waals surface area (Å²) in [5, 5.41) is 37.1. The normalized spacial score (nSPS) is 48.1. The number of amides is 1. The number of aliphatic hydroxyl groups excluding tert-OH is 2. The van der Waals surface area contributed by atoms with Crippen molar-refractivity contribution in [2.24, 2.45) is 22.7 Å². The molecule has 5 fully saturated rings. The van der Waals surface area contributed by atoms with Gasteiger partial charge in [-0.1, -0.05) is 20.8 Å². The molecule has 0 saturated carbocycles. The summed E-state index contributed by atoms with van der Waals surface area (Å²) in [6, 6.07) is -0.580. The summed E-state index contributed by atoms with van der Waals surface area (Å²) in [6.07, 6.45) is -5.94. The minimum absolute atomic E-state index is 0.0348. The minimum Gasteiger partial charge on any atom is -0.459 e. The molecule has 4 N–H and O–H groups in total. The molecule has 0 aromatic rings. The zero-order chi connectivity index (χ0) is 44.5. The van der Waals surface area contributed by atoms with Gasteiger partial charge in [0.15, 0.2) is 18.7 Å². The van der Waals surface area contributed by atoms with E-state index in [1.54, 1.807) is 48.7 Å². The van der Waals surface area contributed by atoms with Crippen molar-refractivity contribution in [2.45, 2.75) is 204 Å². The van der Waals surface area contributed by atoms with E-state index in [-0.39, 0.29) is 43.4 Å². The Kier molecular flexibility index (Phi) is 16.0. The van der Waals surface area contributed by atoms with E-state index in [1.165, 1.54) is 14.0 Å².